The van der Waals surface area contributed by atoms with Crippen molar-refractivity contribution in [2.45, 2.75) is 86.1 Å². The van der Waals surface area contributed by atoms with Crippen molar-refractivity contribution < 1.29 is 26.6 Å². The lowest BCUT2D eigenvalue weighted by atomic mass is 10.1. The Morgan fingerprint density at radius 2 is 1.21 bits per heavy atom. The first-order chi connectivity index (χ1) is 18.8. The van der Waals surface area contributed by atoms with Gasteiger partial charge in [0.05, 0.1) is 38.2 Å². The molecule has 2 aromatic rings. The monoisotopic (exact) mass is 551 g/mol. The van der Waals surface area contributed by atoms with Crippen LogP contribution in [0.4, 0.5) is 23.2 Å². The van der Waals surface area contributed by atoms with Crippen LogP contribution in [0.1, 0.15) is 90.7 Å². The van der Waals surface area contributed by atoms with E-state index in [1.165, 1.54) is 11.0 Å². The number of hydrogen-bond acceptors (Lipinski definition) is 1. The highest BCUT2D eigenvalue weighted by molar-refractivity contribution is 5.71. The molecule has 0 saturated heterocycles. The summed E-state index contributed by atoms with van der Waals surface area (Å²) in [5, 5.41) is 0. The van der Waals surface area contributed by atoms with Gasteiger partial charge in [-0.3, -0.25) is 0 Å². The van der Waals surface area contributed by atoms with Gasteiger partial charge in [-0.2, -0.15) is 0 Å². The van der Waals surface area contributed by atoms with E-state index in [0.717, 1.165) is 75.4 Å². The fraction of sp³-hybridized carbons (Fsp3) is 0.594. The van der Waals surface area contributed by atoms with Crippen LogP contribution >= 0.6 is 0 Å². The summed E-state index contributed by atoms with van der Waals surface area (Å²) in [6.45, 7) is 16.8. The molecular weight excluding hydrogens is 502 g/mol. The summed E-state index contributed by atoms with van der Waals surface area (Å²) < 4.78 is 63.6. The SMILES string of the molecule is CCCCCN(CCCCC)c1c(F)c(F)c(C=Cc2cc[n+](CCC[N+](CC)(CC)CC)cc2)c(F)c1F. The van der Waals surface area contributed by atoms with E-state index in [-0.39, 0.29) is 0 Å². The molecule has 2 rings (SSSR count). The molecule has 0 atom stereocenters. The predicted molar refractivity (Wildman–Crippen MR) is 154 cm³/mol. The lowest BCUT2D eigenvalue weighted by Crippen LogP contribution is -2.49. The third-order valence-electron chi connectivity index (χ3n) is 8.07. The highest BCUT2D eigenvalue weighted by Gasteiger charge is 2.27. The lowest BCUT2D eigenvalue weighted by Gasteiger charge is -2.35. The fourth-order valence-electron chi connectivity index (χ4n) is 5.14. The van der Waals surface area contributed by atoms with E-state index in [1.54, 1.807) is 0 Å². The maximum Gasteiger partial charge on any atom is 0.185 e. The zero-order valence-electron chi connectivity index (χ0n) is 24.7. The smallest absolute Gasteiger partial charge is 0.185 e. The zero-order valence-corrected chi connectivity index (χ0v) is 24.7. The summed E-state index contributed by atoms with van der Waals surface area (Å²) in [6, 6.07) is 3.66. The number of nitrogens with zero attached hydrogens (tertiary/aromatic N) is 3. The van der Waals surface area contributed by atoms with Gasteiger partial charge in [0.15, 0.2) is 42.2 Å². The highest BCUT2D eigenvalue weighted by Crippen LogP contribution is 2.32. The second kappa shape index (κ2) is 16.6. The van der Waals surface area contributed by atoms with Gasteiger partial charge in [0.1, 0.15) is 5.69 Å². The van der Waals surface area contributed by atoms with Gasteiger partial charge in [0.25, 0.3) is 0 Å². The first kappa shape index (κ1) is 32.8. The Morgan fingerprint density at radius 1 is 0.692 bits per heavy atom. The van der Waals surface area contributed by atoms with Gasteiger partial charge in [-0.15, -0.1) is 0 Å². The zero-order chi connectivity index (χ0) is 28.8. The number of rotatable bonds is 18. The van der Waals surface area contributed by atoms with Gasteiger partial charge in [-0.05, 0) is 45.3 Å². The van der Waals surface area contributed by atoms with Crippen molar-refractivity contribution in [3.05, 3.63) is 58.9 Å². The molecule has 0 unspecified atom stereocenters. The number of pyridine rings is 1. The van der Waals surface area contributed by atoms with Crippen molar-refractivity contribution in [2.24, 2.45) is 0 Å². The van der Waals surface area contributed by atoms with Crippen LogP contribution in [0.5, 0.6) is 0 Å². The van der Waals surface area contributed by atoms with Crippen LogP contribution in [0, 0.1) is 23.3 Å². The fourth-order valence-corrected chi connectivity index (χ4v) is 5.14. The molecule has 0 bridgehead atoms. The first-order valence-corrected chi connectivity index (χ1v) is 14.9. The molecule has 7 heteroatoms. The summed E-state index contributed by atoms with van der Waals surface area (Å²) in [4.78, 5) is 1.47. The third-order valence-corrected chi connectivity index (χ3v) is 8.07. The van der Waals surface area contributed by atoms with E-state index >= 15 is 17.6 Å². The van der Waals surface area contributed by atoms with E-state index in [2.05, 4.69) is 25.3 Å². The summed E-state index contributed by atoms with van der Waals surface area (Å²) in [7, 11) is 0. The van der Waals surface area contributed by atoms with Crippen molar-refractivity contribution in [1.29, 1.82) is 0 Å². The van der Waals surface area contributed by atoms with Crippen LogP contribution in [0.15, 0.2) is 24.5 Å². The normalized spacial score (nSPS) is 12.0. The quantitative estimate of drug-likeness (QED) is 0.0596. The molecule has 0 aliphatic carbocycles. The minimum Gasteiger partial charge on any atom is -0.367 e. The molecule has 218 valence electrons. The molecule has 3 nitrogen and oxygen atoms in total. The highest BCUT2D eigenvalue weighted by atomic mass is 19.2. The maximum absolute atomic E-state index is 15.2. The molecule has 1 heterocycles. The Morgan fingerprint density at radius 3 is 1.67 bits per heavy atom. The Balaban J connectivity index is 2.19. The number of anilines is 1. The number of hydrogen-bond donors (Lipinski definition) is 0. The number of unbranched alkanes of at least 4 members (excludes halogenated alkanes) is 4. The molecular formula is C32H49F4N3+2. The first-order valence-electron chi connectivity index (χ1n) is 14.9. The van der Waals surface area contributed by atoms with Crippen molar-refractivity contribution >= 4 is 17.8 Å². The Bertz CT molecular complexity index is 985. The average Bonchev–Trinajstić information content (AvgIpc) is 2.95. The number of quaternary nitrogens is 1. The molecule has 1 aromatic heterocycles. The van der Waals surface area contributed by atoms with Crippen LogP contribution in [-0.2, 0) is 6.54 Å². The summed E-state index contributed by atoms with van der Waals surface area (Å²) in [6.07, 6.45) is 12.5. The van der Waals surface area contributed by atoms with Gasteiger partial charge < -0.3 is 9.38 Å². The van der Waals surface area contributed by atoms with Gasteiger partial charge in [-0.25, -0.2) is 22.1 Å². The number of aryl methyl sites for hydroxylation is 1. The van der Waals surface area contributed by atoms with Gasteiger partial charge >= 0.3 is 0 Å². The summed E-state index contributed by atoms with van der Waals surface area (Å²) >= 11 is 0. The van der Waals surface area contributed by atoms with Crippen molar-refractivity contribution in [3.63, 3.8) is 0 Å². The average molecular weight is 552 g/mol. The topological polar surface area (TPSA) is 7.12 Å². The van der Waals surface area contributed by atoms with E-state index in [1.807, 2.05) is 38.4 Å². The maximum atomic E-state index is 15.2. The molecule has 0 saturated carbocycles. The molecule has 39 heavy (non-hydrogen) atoms. The molecule has 0 aliphatic heterocycles. The molecule has 0 radical (unpaired) electrons. The summed E-state index contributed by atoms with van der Waals surface area (Å²) in [5.74, 6) is -5.36. The van der Waals surface area contributed by atoms with Crippen LogP contribution in [0.25, 0.3) is 12.2 Å². The van der Waals surface area contributed by atoms with E-state index < -0.39 is 34.5 Å². The Labute approximate surface area is 233 Å². The molecule has 1 aromatic carbocycles. The van der Waals surface area contributed by atoms with E-state index in [0.29, 0.717) is 31.5 Å². The largest absolute Gasteiger partial charge is 0.367 e. The minimum absolute atomic E-state index is 0.360. The Kier molecular flexibility index (Phi) is 14.0. The number of benzene rings is 1. The minimum atomic E-state index is -1.36. The van der Waals surface area contributed by atoms with Crippen LogP contribution in [0.3, 0.4) is 0 Å². The second-order valence-electron chi connectivity index (χ2n) is 10.5. The van der Waals surface area contributed by atoms with Crippen molar-refractivity contribution in [2.75, 3.05) is 44.2 Å². The molecule has 0 aliphatic rings. The van der Waals surface area contributed by atoms with Crippen molar-refractivity contribution in [3.8, 4) is 0 Å². The van der Waals surface area contributed by atoms with Gasteiger partial charge in [-0.1, -0.05) is 45.6 Å². The molecule has 0 amide bonds. The molecule has 0 spiro atoms. The lowest BCUT2D eigenvalue weighted by molar-refractivity contribution is -0.925. The van der Waals surface area contributed by atoms with E-state index in [4.69, 9.17) is 0 Å². The summed E-state index contributed by atoms with van der Waals surface area (Å²) in [5.41, 5.74) is -0.594. The standard InChI is InChI=1S/C32H49F4N3/c1-6-11-13-21-38(22-14-12-7-2)32-30(35)28(33)27(29(34)31(32)36)17-16-26-18-23-37(24-19-26)20-15-25-39(8-3,9-4)10-5/h16-19,23-24H,6-15,20-22,25H2,1-5H3/q+2. The van der Waals surface area contributed by atoms with Crippen LogP contribution < -0.4 is 9.47 Å². The Hall–Kier alpha value is -2.41. The van der Waals surface area contributed by atoms with Crippen molar-refractivity contribution in [1.82, 2.24) is 0 Å². The third kappa shape index (κ3) is 9.06. The van der Waals surface area contributed by atoms with Gasteiger partial charge in [0, 0.05) is 25.2 Å². The number of aromatic nitrogens is 1. The second-order valence-corrected chi connectivity index (χ2v) is 10.5. The van der Waals surface area contributed by atoms with Gasteiger partial charge in [0.2, 0.25) is 0 Å². The van der Waals surface area contributed by atoms with E-state index in [9.17, 15) is 0 Å². The molecule has 0 fully saturated rings. The van der Waals surface area contributed by atoms with Crippen LogP contribution in [0.2, 0.25) is 0 Å². The predicted octanol–water partition coefficient (Wildman–Crippen LogP) is 8.15. The van der Waals surface area contributed by atoms with Crippen LogP contribution in [-0.4, -0.2) is 43.8 Å². The number of halogens is 4. The molecule has 0 N–H and O–H groups in total.